The van der Waals surface area contributed by atoms with Crippen molar-refractivity contribution < 1.29 is 19.4 Å². The second-order valence-electron chi connectivity index (χ2n) is 5.53. The molecule has 0 aliphatic heterocycles. The highest BCUT2D eigenvalue weighted by Crippen LogP contribution is 2.20. The lowest BCUT2D eigenvalue weighted by atomic mass is 9.88. The molecule has 0 spiro atoms. The fourth-order valence-corrected chi connectivity index (χ4v) is 1.54. The Bertz CT molecular complexity index is 280. The van der Waals surface area contributed by atoms with Crippen molar-refractivity contribution in [2.75, 3.05) is 0 Å². The van der Waals surface area contributed by atoms with Crippen LogP contribution in [0.25, 0.3) is 0 Å². The molecule has 6 nitrogen and oxygen atoms in total. The fraction of sp³-hybridized carbons (Fsp3) is 0.833. The number of amides is 1. The van der Waals surface area contributed by atoms with Gasteiger partial charge in [-0.05, 0) is 31.1 Å². The fourth-order valence-electron chi connectivity index (χ4n) is 1.54. The average molecular weight is 260 g/mol. The molecule has 6 heteroatoms. The van der Waals surface area contributed by atoms with E-state index in [0.717, 1.165) is 25.7 Å². The van der Waals surface area contributed by atoms with E-state index < -0.39 is 18.1 Å². The van der Waals surface area contributed by atoms with Gasteiger partial charge in [0, 0.05) is 0 Å². The average Bonchev–Trinajstić information content (AvgIpc) is 2.67. The Kier molecular flexibility index (Phi) is 6.68. The number of rotatable bonds is 2. The lowest BCUT2D eigenvalue weighted by molar-refractivity contribution is -0.141. The van der Waals surface area contributed by atoms with Gasteiger partial charge < -0.3 is 21.3 Å². The Morgan fingerprint density at radius 1 is 1.28 bits per heavy atom. The number of aliphatic carboxylic acids is 1. The first kappa shape index (κ1) is 16.7. The largest absolute Gasteiger partial charge is 0.480 e. The maximum Gasteiger partial charge on any atom is 0.404 e. The number of nitrogens with two attached hydrogens (primary N) is 2. The van der Waals surface area contributed by atoms with Gasteiger partial charge in [-0.3, -0.25) is 4.79 Å². The van der Waals surface area contributed by atoms with E-state index in [-0.39, 0.29) is 11.5 Å². The topological polar surface area (TPSA) is 116 Å². The molecule has 1 aliphatic carbocycles. The van der Waals surface area contributed by atoms with E-state index >= 15 is 0 Å². The summed E-state index contributed by atoms with van der Waals surface area (Å²) >= 11 is 0. The van der Waals surface area contributed by atoms with Crippen LogP contribution >= 0.6 is 0 Å². The third-order valence-electron chi connectivity index (χ3n) is 2.78. The molecule has 1 atom stereocenters. The summed E-state index contributed by atoms with van der Waals surface area (Å²) in [6, 6.07) is -0.766. The molecule has 1 amide bonds. The number of carbonyl (C=O) groups excluding carboxylic acids is 1. The molecule has 0 radical (unpaired) electrons. The Labute approximate surface area is 108 Å². The summed E-state index contributed by atoms with van der Waals surface area (Å²) in [5.74, 6) is -0.942. The van der Waals surface area contributed by atoms with Crippen LogP contribution in [0.5, 0.6) is 0 Å². The first-order valence-corrected chi connectivity index (χ1v) is 6.09. The van der Waals surface area contributed by atoms with E-state index in [4.69, 9.17) is 21.3 Å². The first-order valence-electron chi connectivity index (χ1n) is 6.09. The Balaban J connectivity index is 0.000000321. The van der Waals surface area contributed by atoms with Gasteiger partial charge in [0.25, 0.3) is 0 Å². The van der Waals surface area contributed by atoms with Gasteiger partial charge in [0.2, 0.25) is 0 Å². The van der Waals surface area contributed by atoms with Crippen LogP contribution in [0.3, 0.4) is 0 Å². The maximum absolute atomic E-state index is 10.2. The van der Waals surface area contributed by atoms with E-state index in [1.807, 2.05) is 0 Å². The maximum atomic E-state index is 10.2. The number of carboxylic acids is 1. The zero-order valence-corrected chi connectivity index (χ0v) is 11.3. The van der Waals surface area contributed by atoms with Crippen molar-refractivity contribution in [1.29, 1.82) is 0 Å². The van der Waals surface area contributed by atoms with Crippen molar-refractivity contribution in [3.8, 4) is 0 Å². The van der Waals surface area contributed by atoms with Gasteiger partial charge in [-0.2, -0.15) is 0 Å². The monoisotopic (exact) mass is 260 g/mol. The molecule has 0 saturated heterocycles. The van der Waals surface area contributed by atoms with E-state index in [0.29, 0.717) is 0 Å². The van der Waals surface area contributed by atoms with Gasteiger partial charge in [0.15, 0.2) is 0 Å². The van der Waals surface area contributed by atoms with E-state index in [1.54, 1.807) is 20.8 Å². The normalized spacial score (nSPS) is 17.6. The Hall–Kier alpha value is -1.30. The van der Waals surface area contributed by atoms with Crippen LogP contribution in [0.2, 0.25) is 0 Å². The number of hydrogen-bond donors (Lipinski definition) is 3. The van der Waals surface area contributed by atoms with Gasteiger partial charge in [-0.1, -0.05) is 20.8 Å². The molecule has 0 aromatic heterocycles. The van der Waals surface area contributed by atoms with Crippen molar-refractivity contribution in [2.24, 2.45) is 16.9 Å². The summed E-state index contributed by atoms with van der Waals surface area (Å²) in [6.45, 7) is 5.39. The van der Waals surface area contributed by atoms with Crippen LogP contribution < -0.4 is 11.5 Å². The minimum Gasteiger partial charge on any atom is -0.480 e. The molecule has 1 fully saturated rings. The van der Waals surface area contributed by atoms with Gasteiger partial charge in [0.05, 0.1) is 0 Å². The second kappa shape index (κ2) is 7.20. The highest BCUT2D eigenvalue weighted by molar-refractivity contribution is 5.74. The SMILES string of the molecule is CC(C)(C)[C@H](N)C(=O)O.NC(=O)OC1CCCC1. The molecular weight excluding hydrogens is 236 g/mol. The van der Waals surface area contributed by atoms with E-state index in [1.165, 1.54) is 0 Å². The predicted molar refractivity (Wildman–Crippen MR) is 68.0 cm³/mol. The van der Waals surface area contributed by atoms with Crippen LogP contribution in [-0.4, -0.2) is 29.3 Å². The molecule has 0 unspecified atom stereocenters. The third-order valence-corrected chi connectivity index (χ3v) is 2.78. The lowest BCUT2D eigenvalue weighted by Gasteiger charge is -2.22. The van der Waals surface area contributed by atoms with Crippen molar-refractivity contribution in [3.63, 3.8) is 0 Å². The van der Waals surface area contributed by atoms with Gasteiger partial charge >= 0.3 is 12.1 Å². The smallest absolute Gasteiger partial charge is 0.404 e. The third kappa shape index (κ3) is 7.11. The molecule has 1 rings (SSSR count). The summed E-state index contributed by atoms with van der Waals surface area (Å²) in [6.07, 6.45) is 3.78. The molecular formula is C12H24N2O4. The Morgan fingerprint density at radius 3 is 1.94 bits per heavy atom. The summed E-state index contributed by atoms with van der Waals surface area (Å²) < 4.78 is 4.75. The summed E-state index contributed by atoms with van der Waals surface area (Å²) in [7, 11) is 0. The molecule has 0 aromatic carbocycles. The summed E-state index contributed by atoms with van der Waals surface area (Å²) in [5, 5.41) is 8.39. The van der Waals surface area contributed by atoms with Crippen LogP contribution in [0.15, 0.2) is 0 Å². The van der Waals surface area contributed by atoms with E-state index in [2.05, 4.69) is 0 Å². The molecule has 0 bridgehead atoms. The van der Waals surface area contributed by atoms with Crippen LogP contribution in [0, 0.1) is 5.41 Å². The highest BCUT2D eigenvalue weighted by atomic mass is 16.6. The number of carbonyl (C=O) groups is 2. The lowest BCUT2D eigenvalue weighted by Crippen LogP contribution is -2.41. The molecule has 0 aromatic rings. The standard InChI is InChI=1S/C6H11NO2.C6H13NO2/c7-6(8)9-5-3-1-2-4-5;1-6(2,3)4(7)5(8)9/h5H,1-4H2,(H2,7,8);4H,7H2,1-3H3,(H,8,9)/t;4-/m.1/s1. The minimum atomic E-state index is -0.942. The zero-order valence-electron chi connectivity index (χ0n) is 11.3. The molecule has 18 heavy (non-hydrogen) atoms. The van der Waals surface area contributed by atoms with Gasteiger partial charge in [-0.15, -0.1) is 0 Å². The van der Waals surface area contributed by atoms with E-state index in [9.17, 15) is 9.59 Å². The van der Waals surface area contributed by atoms with Crippen LogP contribution in [0.1, 0.15) is 46.5 Å². The van der Waals surface area contributed by atoms with Gasteiger partial charge in [-0.25, -0.2) is 4.79 Å². The highest BCUT2D eigenvalue weighted by Gasteiger charge is 2.26. The van der Waals surface area contributed by atoms with Gasteiger partial charge in [0.1, 0.15) is 12.1 Å². The molecule has 106 valence electrons. The summed E-state index contributed by atoms with van der Waals surface area (Å²) in [5.41, 5.74) is 9.76. The van der Waals surface area contributed by atoms with Crippen molar-refractivity contribution in [2.45, 2.75) is 58.6 Å². The molecule has 5 N–H and O–H groups in total. The Morgan fingerprint density at radius 2 is 1.72 bits per heavy atom. The number of ether oxygens (including phenoxy) is 1. The molecule has 1 saturated carbocycles. The molecule has 1 aliphatic rings. The number of carboxylic acid groups (broad SMARTS) is 1. The predicted octanol–water partition coefficient (Wildman–Crippen LogP) is 1.47. The minimum absolute atomic E-state index is 0.113. The first-order chi connectivity index (χ1) is 8.14. The number of primary amides is 1. The van der Waals surface area contributed by atoms with Crippen LogP contribution in [0.4, 0.5) is 4.79 Å². The van der Waals surface area contributed by atoms with Crippen molar-refractivity contribution >= 4 is 12.1 Å². The zero-order chi connectivity index (χ0) is 14.3. The second-order valence-corrected chi connectivity index (χ2v) is 5.53. The van der Waals surface area contributed by atoms with Crippen molar-refractivity contribution in [1.82, 2.24) is 0 Å². The summed E-state index contributed by atoms with van der Waals surface area (Å²) in [4.78, 5) is 20.4. The van der Waals surface area contributed by atoms with Crippen molar-refractivity contribution in [3.05, 3.63) is 0 Å². The van der Waals surface area contributed by atoms with Crippen LogP contribution in [-0.2, 0) is 9.53 Å². The number of hydrogen-bond acceptors (Lipinski definition) is 4. The quantitative estimate of drug-likeness (QED) is 0.695. The molecule has 0 heterocycles.